The second kappa shape index (κ2) is 4.40. The Kier molecular flexibility index (Phi) is 2.60. The summed E-state index contributed by atoms with van der Waals surface area (Å²) >= 11 is 0. The lowest BCUT2D eigenvalue weighted by molar-refractivity contribution is 0.926. The van der Waals surface area contributed by atoms with E-state index in [1.54, 1.807) is 18.6 Å². The second-order valence-electron chi connectivity index (χ2n) is 3.95. The van der Waals surface area contributed by atoms with E-state index >= 15 is 0 Å². The highest BCUT2D eigenvalue weighted by atomic mass is 15.1. The van der Waals surface area contributed by atoms with Crippen LogP contribution in [0.15, 0.2) is 30.7 Å². The van der Waals surface area contributed by atoms with E-state index in [-0.39, 0.29) is 0 Å². The fourth-order valence-corrected chi connectivity index (χ4v) is 1.75. The molecule has 0 saturated carbocycles. The zero-order valence-electron chi connectivity index (χ0n) is 9.88. The Hall–Kier alpha value is -2.50. The Labute approximate surface area is 104 Å². The standard InChI is InChI=1S/C12H12N6/c1-8-2-4-14-11(17-8)7-15-9-3-5-13-10-6-16-18-12(9)10/h2-6H,7H2,1H3,(H,13,15)(H,16,18). The molecular formula is C12H12N6. The van der Waals surface area contributed by atoms with Gasteiger partial charge in [-0.15, -0.1) is 0 Å². The van der Waals surface area contributed by atoms with Crippen LogP contribution in [0.25, 0.3) is 11.0 Å². The molecule has 0 amide bonds. The van der Waals surface area contributed by atoms with Crippen molar-refractivity contribution in [2.45, 2.75) is 13.5 Å². The average molecular weight is 240 g/mol. The van der Waals surface area contributed by atoms with Crippen molar-refractivity contribution in [1.82, 2.24) is 25.1 Å². The Morgan fingerprint density at radius 2 is 2.11 bits per heavy atom. The van der Waals surface area contributed by atoms with Gasteiger partial charge in [-0.1, -0.05) is 0 Å². The van der Waals surface area contributed by atoms with Gasteiger partial charge in [-0.3, -0.25) is 10.1 Å². The van der Waals surface area contributed by atoms with Crippen LogP contribution in [0.4, 0.5) is 5.69 Å². The molecule has 3 heterocycles. The van der Waals surface area contributed by atoms with Crippen LogP contribution in [0.1, 0.15) is 11.5 Å². The number of anilines is 1. The maximum absolute atomic E-state index is 4.34. The molecule has 0 aromatic carbocycles. The molecule has 0 atom stereocenters. The minimum absolute atomic E-state index is 0.563. The van der Waals surface area contributed by atoms with E-state index in [2.05, 4.69) is 30.5 Å². The summed E-state index contributed by atoms with van der Waals surface area (Å²) in [5.41, 5.74) is 3.54. The zero-order valence-corrected chi connectivity index (χ0v) is 9.88. The summed E-state index contributed by atoms with van der Waals surface area (Å²) < 4.78 is 0. The molecule has 3 rings (SSSR count). The number of hydrogen-bond donors (Lipinski definition) is 2. The molecule has 3 aromatic rings. The summed E-state index contributed by atoms with van der Waals surface area (Å²) in [6.45, 7) is 2.51. The van der Waals surface area contributed by atoms with Crippen LogP contribution in [-0.2, 0) is 6.54 Å². The number of rotatable bonds is 3. The predicted molar refractivity (Wildman–Crippen MR) is 68.0 cm³/mol. The summed E-state index contributed by atoms with van der Waals surface area (Å²) in [6, 6.07) is 3.76. The van der Waals surface area contributed by atoms with Crippen molar-refractivity contribution in [1.29, 1.82) is 0 Å². The number of nitrogens with zero attached hydrogens (tertiary/aromatic N) is 4. The normalized spacial score (nSPS) is 10.7. The van der Waals surface area contributed by atoms with Crippen molar-refractivity contribution in [2.75, 3.05) is 5.32 Å². The van der Waals surface area contributed by atoms with E-state index in [0.717, 1.165) is 28.2 Å². The minimum atomic E-state index is 0.563. The van der Waals surface area contributed by atoms with Crippen LogP contribution in [0.2, 0.25) is 0 Å². The minimum Gasteiger partial charge on any atom is -0.376 e. The molecule has 0 bridgehead atoms. The van der Waals surface area contributed by atoms with Gasteiger partial charge < -0.3 is 5.32 Å². The van der Waals surface area contributed by atoms with Crippen molar-refractivity contribution in [3.8, 4) is 0 Å². The first-order valence-electron chi connectivity index (χ1n) is 5.64. The molecule has 0 unspecified atom stereocenters. The van der Waals surface area contributed by atoms with Gasteiger partial charge in [0, 0.05) is 24.3 Å². The lowest BCUT2D eigenvalue weighted by Gasteiger charge is -2.05. The van der Waals surface area contributed by atoms with Gasteiger partial charge in [0.25, 0.3) is 0 Å². The van der Waals surface area contributed by atoms with E-state index in [9.17, 15) is 0 Å². The second-order valence-corrected chi connectivity index (χ2v) is 3.95. The average Bonchev–Trinajstić information content (AvgIpc) is 2.85. The third kappa shape index (κ3) is 2.00. The lowest BCUT2D eigenvalue weighted by Crippen LogP contribution is -2.05. The van der Waals surface area contributed by atoms with Gasteiger partial charge in [0.2, 0.25) is 0 Å². The van der Waals surface area contributed by atoms with Crippen LogP contribution in [-0.4, -0.2) is 25.1 Å². The van der Waals surface area contributed by atoms with Crippen LogP contribution in [0, 0.1) is 6.92 Å². The van der Waals surface area contributed by atoms with Gasteiger partial charge in [-0.2, -0.15) is 5.10 Å². The number of aromatic nitrogens is 5. The fourth-order valence-electron chi connectivity index (χ4n) is 1.75. The van der Waals surface area contributed by atoms with Gasteiger partial charge in [-0.25, -0.2) is 9.97 Å². The summed E-state index contributed by atoms with van der Waals surface area (Å²) in [4.78, 5) is 12.7. The van der Waals surface area contributed by atoms with E-state index in [1.807, 2.05) is 19.1 Å². The maximum atomic E-state index is 4.34. The zero-order chi connectivity index (χ0) is 12.4. The lowest BCUT2D eigenvalue weighted by atomic mass is 10.3. The quantitative estimate of drug-likeness (QED) is 0.728. The van der Waals surface area contributed by atoms with Crippen LogP contribution in [0.5, 0.6) is 0 Å². The Bertz CT molecular complexity index is 675. The Morgan fingerprint density at radius 3 is 3.00 bits per heavy atom. The van der Waals surface area contributed by atoms with Crippen molar-refractivity contribution < 1.29 is 0 Å². The fraction of sp³-hybridized carbons (Fsp3) is 0.167. The molecule has 0 aliphatic carbocycles. The molecule has 0 fully saturated rings. The topological polar surface area (TPSA) is 79.4 Å². The van der Waals surface area contributed by atoms with Gasteiger partial charge in [-0.05, 0) is 19.1 Å². The van der Waals surface area contributed by atoms with Crippen molar-refractivity contribution >= 4 is 16.7 Å². The van der Waals surface area contributed by atoms with Gasteiger partial charge in [0.05, 0.1) is 12.2 Å². The van der Waals surface area contributed by atoms with Gasteiger partial charge in [0.15, 0.2) is 0 Å². The van der Waals surface area contributed by atoms with Crippen molar-refractivity contribution in [3.63, 3.8) is 0 Å². The smallest absolute Gasteiger partial charge is 0.147 e. The molecule has 6 heteroatoms. The van der Waals surface area contributed by atoms with Gasteiger partial charge >= 0.3 is 0 Å². The van der Waals surface area contributed by atoms with Crippen LogP contribution in [0.3, 0.4) is 0 Å². The highest BCUT2D eigenvalue weighted by Gasteiger charge is 2.04. The number of aromatic amines is 1. The van der Waals surface area contributed by atoms with Crippen molar-refractivity contribution in [3.05, 3.63) is 42.2 Å². The molecule has 0 spiro atoms. The van der Waals surface area contributed by atoms with E-state index in [0.29, 0.717) is 6.54 Å². The summed E-state index contributed by atoms with van der Waals surface area (Å²) in [6.07, 6.45) is 5.27. The monoisotopic (exact) mass is 240 g/mol. The first-order chi connectivity index (χ1) is 8.83. The number of pyridine rings is 1. The molecule has 0 aliphatic heterocycles. The molecule has 0 radical (unpaired) electrons. The molecule has 3 aromatic heterocycles. The van der Waals surface area contributed by atoms with E-state index < -0.39 is 0 Å². The van der Waals surface area contributed by atoms with Crippen molar-refractivity contribution in [2.24, 2.45) is 0 Å². The molecule has 6 nitrogen and oxygen atoms in total. The maximum Gasteiger partial charge on any atom is 0.147 e. The van der Waals surface area contributed by atoms with Gasteiger partial charge in [0.1, 0.15) is 16.9 Å². The summed E-state index contributed by atoms with van der Waals surface area (Å²) in [5.74, 6) is 0.760. The summed E-state index contributed by atoms with van der Waals surface area (Å²) in [5, 5.41) is 10.2. The summed E-state index contributed by atoms with van der Waals surface area (Å²) in [7, 11) is 0. The van der Waals surface area contributed by atoms with E-state index in [4.69, 9.17) is 0 Å². The molecule has 2 N–H and O–H groups in total. The molecule has 0 aliphatic rings. The molecular weight excluding hydrogens is 228 g/mol. The van der Waals surface area contributed by atoms with Crippen LogP contribution >= 0.6 is 0 Å². The number of H-pyrrole nitrogens is 1. The number of aryl methyl sites for hydroxylation is 1. The molecule has 0 saturated heterocycles. The number of fused-ring (bicyclic) bond motifs is 1. The van der Waals surface area contributed by atoms with E-state index in [1.165, 1.54) is 0 Å². The third-order valence-corrected chi connectivity index (χ3v) is 2.61. The number of nitrogens with one attached hydrogen (secondary N) is 2. The number of hydrogen-bond acceptors (Lipinski definition) is 5. The Balaban J connectivity index is 1.83. The largest absolute Gasteiger partial charge is 0.376 e. The first-order valence-corrected chi connectivity index (χ1v) is 5.64. The predicted octanol–water partition coefficient (Wildman–Crippen LogP) is 1.67. The highest BCUT2D eigenvalue weighted by molar-refractivity contribution is 5.86. The highest BCUT2D eigenvalue weighted by Crippen LogP contribution is 2.18. The Morgan fingerprint density at radius 1 is 1.22 bits per heavy atom. The molecule has 90 valence electrons. The van der Waals surface area contributed by atoms with Crippen LogP contribution < -0.4 is 5.32 Å². The first kappa shape index (κ1) is 10.6. The SMILES string of the molecule is Cc1ccnc(CNc2ccnc3c[nH]nc23)n1. The molecule has 18 heavy (non-hydrogen) atoms. The third-order valence-electron chi connectivity index (χ3n) is 2.61.